The summed E-state index contributed by atoms with van der Waals surface area (Å²) in [5, 5.41) is 0. The van der Waals surface area contributed by atoms with Gasteiger partial charge < -0.3 is 15.2 Å². The van der Waals surface area contributed by atoms with Crippen molar-refractivity contribution >= 4 is 0 Å². The van der Waals surface area contributed by atoms with E-state index in [-0.39, 0.29) is 6.29 Å². The second-order valence-electron chi connectivity index (χ2n) is 4.94. The lowest BCUT2D eigenvalue weighted by atomic mass is 9.94. The first-order valence-electron chi connectivity index (χ1n) is 6.74. The summed E-state index contributed by atoms with van der Waals surface area (Å²) in [5.74, 6) is 0.835. The molecule has 0 aliphatic carbocycles. The Kier molecular flexibility index (Phi) is 7.04. The van der Waals surface area contributed by atoms with Gasteiger partial charge in [-0.15, -0.1) is 0 Å². The van der Waals surface area contributed by atoms with Gasteiger partial charge in [0.05, 0.1) is 0 Å². The molecule has 0 aromatic carbocycles. The van der Waals surface area contributed by atoms with E-state index in [1.54, 1.807) is 14.2 Å². The maximum absolute atomic E-state index is 5.90. The third-order valence-electron chi connectivity index (χ3n) is 3.91. The van der Waals surface area contributed by atoms with Crippen molar-refractivity contribution in [3.8, 4) is 0 Å². The highest BCUT2D eigenvalue weighted by Gasteiger charge is 2.26. The number of likely N-dealkylation sites (tertiary alicyclic amines) is 1. The van der Waals surface area contributed by atoms with Crippen LogP contribution < -0.4 is 5.73 Å². The fraction of sp³-hybridized carbons (Fsp3) is 1.00. The highest BCUT2D eigenvalue weighted by atomic mass is 16.7. The second kappa shape index (κ2) is 8.03. The van der Waals surface area contributed by atoms with Crippen molar-refractivity contribution in [2.45, 2.75) is 44.9 Å². The molecule has 0 aromatic rings. The Morgan fingerprint density at radius 2 is 2.06 bits per heavy atom. The minimum absolute atomic E-state index is 0.134. The van der Waals surface area contributed by atoms with Crippen LogP contribution in [-0.4, -0.2) is 51.1 Å². The summed E-state index contributed by atoms with van der Waals surface area (Å²) < 4.78 is 10.5. The second-order valence-corrected chi connectivity index (χ2v) is 4.94. The quantitative estimate of drug-likeness (QED) is 0.689. The third-order valence-corrected chi connectivity index (χ3v) is 3.91. The number of nitrogens with two attached hydrogens (primary N) is 1. The van der Waals surface area contributed by atoms with E-state index in [1.165, 1.54) is 32.4 Å². The molecule has 17 heavy (non-hydrogen) atoms. The molecule has 2 N–H and O–H groups in total. The zero-order chi connectivity index (χ0) is 12.7. The van der Waals surface area contributed by atoms with Gasteiger partial charge in [-0.3, -0.25) is 4.90 Å². The number of piperidine rings is 1. The molecule has 2 atom stereocenters. The van der Waals surface area contributed by atoms with Crippen molar-refractivity contribution in [1.82, 2.24) is 4.90 Å². The normalized spacial score (nSPS) is 24.2. The lowest BCUT2D eigenvalue weighted by Crippen LogP contribution is -2.47. The van der Waals surface area contributed by atoms with Crippen LogP contribution in [0.4, 0.5) is 0 Å². The van der Waals surface area contributed by atoms with Crippen molar-refractivity contribution in [3.63, 3.8) is 0 Å². The zero-order valence-corrected chi connectivity index (χ0v) is 11.5. The molecule has 0 bridgehead atoms. The van der Waals surface area contributed by atoms with Gasteiger partial charge in [-0.2, -0.15) is 0 Å². The maximum atomic E-state index is 5.90. The van der Waals surface area contributed by atoms with Crippen LogP contribution in [0, 0.1) is 5.92 Å². The van der Waals surface area contributed by atoms with Crippen LogP contribution in [0.5, 0.6) is 0 Å². The van der Waals surface area contributed by atoms with Crippen molar-refractivity contribution in [2.75, 3.05) is 33.9 Å². The van der Waals surface area contributed by atoms with Crippen molar-refractivity contribution in [2.24, 2.45) is 11.7 Å². The Morgan fingerprint density at radius 1 is 1.35 bits per heavy atom. The monoisotopic (exact) mass is 244 g/mol. The van der Waals surface area contributed by atoms with E-state index in [0.717, 1.165) is 12.3 Å². The molecule has 4 nitrogen and oxygen atoms in total. The van der Waals surface area contributed by atoms with Crippen LogP contribution in [0.3, 0.4) is 0 Å². The van der Waals surface area contributed by atoms with Gasteiger partial charge in [-0.05, 0) is 25.3 Å². The SMILES string of the molecule is CCC1CCCN(C(CN)CC(OC)OC)C1. The van der Waals surface area contributed by atoms with Gasteiger partial charge in [0.15, 0.2) is 6.29 Å². The van der Waals surface area contributed by atoms with Gasteiger partial charge in [0.1, 0.15) is 0 Å². The van der Waals surface area contributed by atoms with Crippen LogP contribution in [-0.2, 0) is 9.47 Å². The summed E-state index contributed by atoms with van der Waals surface area (Å²) in [6.45, 7) is 5.30. The molecular weight excluding hydrogens is 216 g/mol. The number of hydrogen-bond acceptors (Lipinski definition) is 4. The molecule has 1 rings (SSSR count). The van der Waals surface area contributed by atoms with E-state index in [2.05, 4.69) is 11.8 Å². The third kappa shape index (κ3) is 4.54. The molecule has 2 unspecified atom stereocenters. The largest absolute Gasteiger partial charge is 0.356 e. The standard InChI is InChI=1S/C13H28N2O2/c1-4-11-6-5-7-15(10-11)12(9-14)8-13(16-2)17-3/h11-13H,4-10,14H2,1-3H3. The van der Waals surface area contributed by atoms with Crippen molar-refractivity contribution in [3.05, 3.63) is 0 Å². The highest BCUT2D eigenvalue weighted by Crippen LogP contribution is 2.22. The summed E-state index contributed by atoms with van der Waals surface area (Å²) in [6.07, 6.45) is 4.65. The first-order chi connectivity index (χ1) is 8.24. The lowest BCUT2D eigenvalue weighted by Gasteiger charge is -2.38. The predicted octanol–water partition coefficient (Wildman–Crippen LogP) is 1.44. The fourth-order valence-electron chi connectivity index (χ4n) is 2.67. The molecule has 0 saturated carbocycles. The molecular formula is C13H28N2O2. The Morgan fingerprint density at radius 3 is 2.59 bits per heavy atom. The van der Waals surface area contributed by atoms with Crippen LogP contribution in [0.15, 0.2) is 0 Å². The average Bonchev–Trinajstić information content (AvgIpc) is 2.40. The number of methoxy groups -OCH3 is 2. The number of rotatable bonds is 7. The molecule has 1 aliphatic rings. The van der Waals surface area contributed by atoms with E-state index >= 15 is 0 Å². The van der Waals surface area contributed by atoms with Gasteiger partial charge in [-0.1, -0.05) is 13.3 Å². The molecule has 102 valence electrons. The molecule has 1 fully saturated rings. The van der Waals surface area contributed by atoms with Gasteiger partial charge in [-0.25, -0.2) is 0 Å². The van der Waals surface area contributed by atoms with E-state index < -0.39 is 0 Å². The van der Waals surface area contributed by atoms with Crippen LogP contribution in [0.1, 0.15) is 32.6 Å². The topological polar surface area (TPSA) is 47.7 Å². The molecule has 1 aliphatic heterocycles. The Bertz CT molecular complexity index is 198. The van der Waals surface area contributed by atoms with Crippen LogP contribution in [0.25, 0.3) is 0 Å². The lowest BCUT2D eigenvalue weighted by molar-refractivity contribution is -0.118. The van der Waals surface area contributed by atoms with Crippen LogP contribution in [0.2, 0.25) is 0 Å². The highest BCUT2D eigenvalue weighted by molar-refractivity contribution is 4.80. The minimum atomic E-state index is -0.134. The van der Waals surface area contributed by atoms with Crippen molar-refractivity contribution in [1.29, 1.82) is 0 Å². The van der Waals surface area contributed by atoms with E-state index in [1.807, 2.05) is 0 Å². The van der Waals surface area contributed by atoms with Crippen molar-refractivity contribution < 1.29 is 9.47 Å². The fourth-order valence-corrected chi connectivity index (χ4v) is 2.67. The van der Waals surface area contributed by atoms with Gasteiger partial charge in [0, 0.05) is 39.8 Å². The van der Waals surface area contributed by atoms with E-state index in [4.69, 9.17) is 15.2 Å². The summed E-state index contributed by atoms with van der Waals surface area (Å²) in [4.78, 5) is 2.52. The number of nitrogens with zero attached hydrogens (tertiary/aromatic N) is 1. The summed E-state index contributed by atoms with van der Waals surface area (Å²) in [7, 11) is 3.37. The van der Waals surface area contributed by atoms with Crippen LogP contribution >= 0.6 is 0 Å². The van der Waals surface area contributed by atoms with Gasteiger partial charge in [0.2, 0.25) is 0 Å². The Hall–Kier alpha value is -0.160. The smallest absolute Gasteiger partial charge is 0.158 e. The molecule has 0 aromatic heterocycles. The Labute approximate surface area is 105 Å². The molecule has 0 spiro atoms. The molecule has 1 heterocycles. The molecule has 0 amide bonds. The zero-order valence-electron chi connectivity index (χ0n) is 11.5. The number of ether oxygens (including phenoxy) is 2. The number of hydrogen-bond donors (Lipinski definition) is 1. The average molecular weight is 244 g/mol. The van der Waals surface area contributed by atoms with E-state index in [9.17, 15) is 0 Å². The summed E-state index contributed by atoms with van der Waals surface area (Å²) in [5.41, 5.74) is 5.90. The summed E-state index contributed by atoms with van der Waals surface area (Å²) >= 11 is 0. The molecule has 0 radical (unpaired) electrons. The van der Waals surface area contributed by atoms with Gasteiger partial charge >= 0.3 is 0 Å². The first-order valence-corrected chi connectivity index (χ1v) is 6.74. The minimum Gasteiger partial charge on any atom is -0.356 e. The first kappa shape index (κ1) is 14.9. The predicted molar refractivity (Wildman–Crippen MR) is 69.9 cm³/mol. The molecule has 4 heteroatoms. The molecule has 1 saturated heterocycles. The Balaban J connectivity index is 2.48. The van der Waals surface area contributed by atoms with Gasteiger partial charge in [0.25, 0.3) is 0 Å². The maximum Gasteiger partial charge on any atom is 0.158 e. The van der Waals surface area contributed by atoms with E-state index in [0.29, 0.717) is 12.6 Å². The summed E-state index contributed by atoms with van der Waals surface area (Å²) in [6, 6.07) is 0.384.